The summed E-state index contributed by atoms with van der Waals surface area (Å²) in [6, 6.07) is 9.30. The molecule has 1 aromatic heterocycles. The number of aryl methyl sites for hydroxylation is 1. The van der Waals surface area contributed by atoms with Crippen LogP contribution in [0.25, 0.3) is 10.2 Å². The average molecular weight is 240 g/mol. The monoisotopic (exact) mass is 240 g/mol. The lowest BCUT2D eigenvalue weighted by atomic mass is 10.3. The molecule has 0 unspecified atom stereocenters. The molecular formula is C12H8N4S. The zero-order valence-electron chi connectivity index (χ0n) is 9.06. The summed E-state index contributed by atoms with van der Waals surface area (Å²) in [5.74, 6) is 0. The van der Waals surface area contributed by atoms with Crippen LogP contribution in [0.5, 0.6) is 0 Å². The molecule has 0 saturated heterocycles. The molecule has 82 valence electrons. The van der Waals surface area contributed by atoms with Crippen molar-refractivity contribution in [1.29, 1.82) is 10.5 Å². The molecule has 4 nitrogen and oxygen atoms in total. The second-order valence-corrected chi connectivity index (χ2v) is 4.58. The number of hydrogen-bond acceptors (Lipinski definition) is 5. The Balaban J connectivity index is 2.29. The molecule has 5 heteroatoms. The average Bonchev–Trinajstić information content (AvgIpc) is 2.69. The maximum absolute atomic E-state index is 8.59. The van der Waals surface area contributed by atoms with E-state index in [1.165, 1.54) is 6.20 Å². The number of fused-ring (bicyclic) bond motifs is 1. The molecule has 1 N–H and O–H groups in total. The van der Waals surface area contributed by atoms with Crippen LogP contribution >= 0.6 is 11.3 Å². The van der Waals surface area contributed by atoms with Gasteiger partial charge in [-0.15, -0.1) is 11.3 Å². The summed E-state index contributed by atoms with van der Waals surface area (Å²) in [5, 5.41) is 21.1. The SMILES string of the molecule is Cc1nc2ccc(NC=C(C#N)C#N)cc2s1. The fourth-order valence-electron chi connectivity index (χ4n) is 1.37. The van der Waals surface area contributed by atoms with Crippen molar-refractivity contribution in [3.63, 3.8) is 0 Å². The highest BCUT2D eigenvalue weighted by Crippen LogP contribution is 2.24. The van der Waals surface area contributed by atoms with Crippen molar-refractivity contribution < 1.29 is 0 Å². The van der Waals surface area contributed by atoms with Gasteiger partial charge in [-0.25, -0.2) is 4.98 Å². The van der Waals surface area contributed by atoms with E-state index in [0.717, 1.165) is 20.9 Å². The minimum atomic E-state index is 0.0468. The quantitative estimate of drug-likeness (QED) is 0.819. The summed E-state index contributed by atoms with van der Waals surface area (Å²) in [5.41, 5.74) is 1.84. The topological polar surface area (TPSA) is 72.5 Å². The Hall–Kier alpha value is -2.37. The summed E-state index contributed by atoms with van der Waals surface area (Å²) >= 11 is 1.61. The normalized spacial score (nSPS) is 9.35. The zero-order chi connectivity index (χ0) is 12.3. The van der Waals surface area contributed by atoms with Gasteiger partial charge in [0.05, 0.1) is 15.2 Å². The van der Waals surface area contributed by atoms with Crippen LogP contribution in [0.3, 0.4) is 0 Å². The third-order valence-electron chi connectivity index (χ3n) is 2.12. The third-order valence-corrected chi connectivity index (χ3v) is 3.05. The maximum Gasteiger partial charge on any atom is 0.145 e. The Kier molecular flexibility index (Phi) is 3.04. The summed E-state index contributed by atoms with van der Waals surface area (Å²) < 4.78 is 1.08. The molecule has 0 fully saturated rings. The Labute approximate surface area is 102 Å². The number of rotatable bonds is 2. The predicted octanol–water partition coefficient (Wildman–Crippen LogP) is 2.95. The molecule has 0 saturated carbocycles. The largest absolute Gasteiger partial charge is 0.360 e. The molecule has 0 aliphatic carbocycles. The molecule has 0 aliphatic heterocycles. The van der Waals surface area contributed by atoms with Gasteiger partial charge in [0, 0.05) is 11.9 Å². The number of benzene rings is 1. The summed E-state index contributed by atoms with van der Waals surface area (Å²) in [7, 11) is 0. The fraction of sp³-hybridized carbons (Fsp3) is 0.0833. The third kappa shape index (κ3) is 2.41. The van der Waals surface area contributed by atoms with E-state index in [0.29, 0.717) is 0 Å². The van der Waals surface area contributed by atoms with Crippen molar-refractivity contribution in [2.24, 2.45) is 0 Å². The highest BCUT2D eigenvalue weighted by Gasteiger charge is 2.01. The summed E-state index contributed by atoms with van der Waals surface area (Å²) in [6.45, 7) is 1.96. The van der Waals surface area contributed by atoms with Gasteiger partial charge >= 0.3 is 0 Å². The van der Waals surface area contributed by atoms with E-state index in [-0.39, 0.29) is 5.57 Å². The lowest BCUT2D eigenvalue weighted by Gasteiger charge is -1.99. The molecule has 17 heavy (non-hydrogen) atoms. The number of anilines is 1. The zero-order valence-corrected chi connectivity index (χ0v) is 9.88. The summed E-state index contributed by atoms with van der Waals surface area (Å²) in [6.07, 6.45) is 1.40. The molecule has 0 bridgehead atoms. The standard InChI is InChI=1S/C12H8N4S/c1-8-16-11-3-2-10(4-12(11)17-8)15-7-9(5-13)6-14/h2-4,7,15H,1H3. The Bertz CT molecular complexity index is 654. The van der Waals surface area contributed by atoms with Gasteiger partial charge in [-0.1, -0.05) is 0 Å². The molecule has 1 aromatic carbocycles. The number of nitrogens with zero attached hydrogens (tertiary/aromatic N) is 3. The van der Waals surface area contributed by atoms with Gasteiger partial charge < -0.3 is 5.32 Å². The maximum atomic E-state index is 8.59. The fourth-order valence-corrected chi connectivity index (χ4v) is 2.24. The smallest absolute Gasteiger partial charge is 0.145 e. The van der Waals surface area contributed by atoms with E-state index < -0.39 is 0 Å². The van der Waals surface area contributed by atoms with Crippen LogP contribution in [-0.2, 0) is 0 Å². The predicted molar refractivity (Wildman–Crippen MR) is 67.3 cm³/mol. The van der Waals surface area contributed by atoms with E-state index in [1.54, 1.807) is 23.5 Å². The van der Waals surface area contributed by atoms with Gasteiger partial charge in [-0.3, -0.25) is 0 Å². The van der Waals surface area contributed by atoms with Crippen molar-refractivity contribution >= 4 is 27.2 Å². The van der Waals surface area contributed by atoms with Crippen molar-refractivity contribution in [3.8, 4) is 12.1 Å². The molecule has 2 aromatic rings. The molecule has 0 spiro atoms. The minimum Gasteiger partial charge on any atom is -0.360 e. The molecule has 0 amide bonds. The first-order chi connectivity index (χ1) is 8.22. The highest BCUT2D eigenvalue weighted by atomic mass is 32.1. The lowest BCUT2D eigenvalue weighted by molar-refractivity contribution is 1.35. The number of aromatic nitrogens is 1. The van der Waals surface area contributed by atoms with Gasteiger partial charge in [0.25, 0.3) is 0 Å². The van der Waals surface area contributed by atoms with Crippen LogP contribution in [0.15, 0.2) is 30.0 Å². The van der Waals surface area contributed by atoms with E-state index in [4.69, 9.17) is 10.5 Å². The minimum absolute atomic E-state index is 0.0468. The van der Waals surface area contributed by atoms with Crippen molar-refractivity contribution in [3.05, 3.63) is 35.0 Å². The first-order valence-electron chi connectivity index (χ1n) is 4.87. The first-order valence-corrected chi connectivity index (χ1v) is 5.68. The van der Waals surface area contributed by atoms with Crippen molar-refractivity contribution in [2.75, 3.05) is 5.32 Å². The molecule has 0 aliphatic rings. The van der Waals surface area contributed by atoms with E-state index in [1.807, 2.05) is 25.1 Å². The second kappa shape index (κ2) is 4.65. The van der Waals surface area contributed by atoms with Crippen molar-refractivity contribution in [1.82, 2.24) is 4.98 Å². The van der Waals surface area contributed by atoms with Gasteiger partial charge in [0.2, 0.25) is 0 Å². The molecule has 1 heterocycles. The molecule has 0 radical (unpaired) electrons. The van der Waals surface area contributed by atoms with Crippen LogP contribution in [0.2, 0.25) is 0 Å². The summed E-state index contributed by atoms with van der Waals surface area (Å²) in [4.78, 5) is 4.35. The Morgan fingerprint density at radius 3 is 2.88 bits per heavy atom. The number of nitriles is 2. The van der Waals surface area contributed by atoms with E-state index in [9.17, 15) is 0 Å². The van der Waals surface area contributed by atoms with E-state index in [2.05, 4.69) is 10.3 Å². The van der Waals surface area contributed by atoms with Gasteiger partial charge in [-0.05, 0) is 25.1 Å². The number of hydrogen-bond donors (Lipinski definition) is 1. The second-order valence-electron chi connectivity index (χ2n) is 3.34. The molecule has 0 atom stereocenters. The van der Waals surface area contributed by atoms with Crippen molar-refractivity contribution in [2.45, 2.75) is 6.92 Å². The van der Waals surface area contributed by atoms with Crippen LogP contribution in [-0.4, -0.2) is 4.98 Å². The Morgan fingerprint density at radius 2 is 2.18 bits per heavy atom. The van der Waals surface area contributed by atoms with Gasteiger partial charge in [0.1, 0.15) is 17.7 Å². The Morgan fingerprint density at radius 1 is 1.41 bits per heavy atom. The molecular weight excluding hydrogens is 232 g/mol. The van der Waals surface area contributed by atoms with Crippen LogP contribution in [0.1, 0.15) is 5.01 Å². The number of allylic oxidation sites excluding steroid dienone is 1. The van der Waals surface area contributed by atoms with Gasteiger partial charge in [0.15, 0.2) is 0 Å². The number of thiazole rings is 1. The lowest BCUT2D eigenvalue weighted by Crippen LogP contribution is -1.89. The highest BCUT2D eigenvalue weighted by molar-refractivity contribution is 7.18. The van der Waals surface area contributed by atoms with Crippen LogP contribution < -0.4 is 5.32 Å². The van der Waals surface area contributed by atoms with Crippen LogP contribution in [0.4, 0.5) is 5.69 Å². The van der Waals surface area contributed by atoms with E-state index >= 15 is 0 Å². The number of nitrogens with one attached hydrogen (secondary N) is 1. The first kappa shape index (κ1) is 11.1. The van der Waals surface area contributed by atoms with Gasteiger partial charge in [-0.2, -0.15) is 10.5 Å². The van der Waals surface area contributed by atoms with Crippen LogP contribution in [0, 0.1) is 29.6 Å². The molecule has 2 rings (SSSR count).